The van der Waals surface area contributed by atoms with Crippen molar-refractivity contribution in [3.05, 3.63) is 40.0 Å². The lowest BCUT2D eigenvalue weighted by Gasteiger charge is -2.21. The number of hydrogen-bond donors (Lipinski definition) is 1. The van der Waals surface area contributed by atoms with Gasteiger partial charge in [-0.25, -0.2) is 9.97 Å². The van der Waals surface area contributed by atoms with E-state index in [9.17, 15) is 4.79 Å². The quantitative estimate of drug-likeness (QED) is 0.884. The molecule has 6 heteroatoms. The number of anilines is 1. The monoisotopic (exact) mass is 358 g/mol. The van der Waals surface area contributed by atoms with Crippen LogP contribution in [-0.2, 0) is 0 Å². The normalized spacial score (nSPS) is 16.3. The zero-order chi connectivity index (χ0) is 17.6. The Morgan fingerprint density at radius 1 is 1.28 bits per heavy atom. The Labute approximate surface area is 153 Å². The molecule has 0 bridgehead atoms. The van der Waals surface area contributed by atoms with E-state index in [4.69, 9.17) is 0 Å². The summed E-state index contributed by atoms with van der Waals surface area (Å²) >= 11 is 1.64. The van der Waals surface area contributed by atoms with Gasteiger partial charge in [-0.15, -0.1) is 11.3 Å². The third kappa shape index (κ3) is 4.78. The third-order valence-electron chi connectivity index (χ3n) is 4.57. The molecule has 0 radical (unpaired) electrons. The molecular formula is C19H26N4OS. The fraction of sp³-hybridized carbons (Fsp3) is 0.526. The van der Waals surface area contributed by atoms with Gasteiger partial charge in [0.1, 0.15) is 5.82 Å². The molecule has 0 aromatic carbocycles. The van der Waals surface area contributed by atoms with Crippen LogP contribution in [0.2, 0.25) is 0 Å². The predicted octanol–water partition coefficient (Wildman–Crippen LogP) is 3.76. The van der Waals surface area contributed by atoms with E-state index >= 15 is 0 Å². The van der Waals surface area contributed by atoms with Gasteiger partial charge in [0.15, 0.2) is 0 Å². The van der Waals surface area contributed by atoms with Crippen molar-refractivity contribution < 1.29 is 4.79 Å². The van der Waals surface area contributed by atoms with E-state index in [1.807, 2.05) is 24.4 Å². The Morgan fingerprint density at radius 3 is 2.64 bits per heavy atom. The van der Waals surface area contributed by atoms with Crippen molar-refractivity contribution in [2.75, 3.05) is 24.5 Å². The lowest BCUT2D eigenvalue weighted by molar-refractivity contribution is 0.0951. The number of aromatic nitrogens is 2. The summed E-state index contributed by atoms with van der Waals surface area (Å²) in [5.74, 6) is 1.12. The third-order valence-corrected chi connectivity index (χ3v) is 5.76. The molecule has 5 nitrogen and oxygen atoms in total. The summed E-state index contributed by atoms with van der Waals surface area (Å²) in [4.78, 5) is 23.7. The summed E-state index contributed by atoms with van der Waals surface area (Å²) in [7, 11) is 0. The number of carbonyl (C=O) groups is 1. The summed E-state index contributed by atoms with van der Waals surface area (Å²) < 4.78 is 0. The minimum Gasteiger partial charge on any atom is -0.357 e. The van der Waals surface area contributed by atoms with Crippen LogP contribution in [0, 0.1) is 6.92 Å². The van der Waals surface area contributed by atoms with Gasteiger partial charge in [0.2, 0.25) is 0 Å². The Balaban J connectivity index is 1.55. The molecule has 0 saturated carbocycles. The zero-order valence-electron chi connectivity index (χ0n) is 15.0. The molecule has 25 heavy (non-hydrogen) atoms. The second kappa shape index (κ2) is 8.43. The van der Waals surface area contributed by atoms with Gasteiger partial charge in [0, 0.05) is 42.8 Å². The number of carbonyl (C=O) groups excluding carboxylic acids is 1. The van der Waals surface area contributed by atoms with E-state index in [2.05, 4.69) is 27.1 Å². The molecule has 1 N–H and O–H groups in total. The van der Waals surface area contributed by atoms with Crippen LogP contribution >= 0.6 is 11.3 Å². The van der Waals surface area contributed by atoms with Crippen molar-refractivity contribution in [3.8, 4) is 0 Å². The molecule has 3 heterocycles. The van der Waals surface area contributed by atoms with Crippen LogP contribution < -0.4 is 10.2 Å². The van der Waals surface area contributed by atoms with Crippen molar-refractivity contribution in [1.82, 2.24) is 15.3 Å². The van der Waals surface area contributed by atoms with Crippen molar-refractivity contribution >= 4 is 23.1 Å². The maximum Gasteiger partial charge on any atom is 0.252 e. The van der Waals surface area contributed by atoms with Gasteiger partial charge in [0.05, 0.1) is 10.6 Å². The van der Waals surface area contributed by atoms with Crippen molar-refractivity contribution in [3.63, 3.8) is 0 Å². The van der Waals surface area contributed by atoms with Crippen molar-refractivity contribution in [2.24, 2.45) is 0 Å². The number of rotatable bonds is 5. The zero-order valence-corrected chi connectivity index (χ0v) is 15.8. The average Bonchev–Trinajstić information content (AvgIpc) is 2.90. The van der Waals surface area contributed by atoms with Crippen LogP contribution in [0.25, 0.3) is 0 Å². The highest BCUT2D eigenvalue weighted by Crippen LogP contribution is 2.20. The molecule has 1 saturated heterocycles. The van der Waals surface area contributed by atoms with Gasteiger partial charge in [-0.05, 0) is 31.9 Å². The van der Waals surface area contributed by atoms with E-state index in [1.54, 1.807) is 17.5 Å². The van der Waals surface area contributed by atoms with Crippen LogP contribution in [0.4, 0.5) is 5.82 Å². The first kappa shape index (κ1) is 17.9. The Morgan fingerprint density at radius 2 is 2.04 bits per heavy atom. The molecule has 2 aromatic rings. The van der Waals surface area contributed by atoms with E-state index in [1.165, 1.54) is 25.7 Å². The highest BCUT2D eigenvalue weighted by molar-refractivity contribution is 7.09. The second-order valence-electron chi connectivity index (χ2n) is 6.74. The topological polar surface area (TPSA) is 58.1 Å². The molecule has 1 aliphatic heterocycles. The van der Waals surface area contributed by atoms with Gasteiger partial charge in [-0.1, -0.05) is 19.8 Å². The number of hydrogen-bond acceptors (Lipinski definition) is 5. The summed E-state index contributed by atoms with van der Waals surface area (Å²) in [5.41, 5.74) is 1.65. The maximum atomic E-state index is 12.3. The van der Waals surface area contributed by atoms with E-state index in [0.717, 1.165) is 29.6 Å². The van der Waals surface area contributed by atoms with Gasteiger partial charge < -0.3 is 10.2 Å². The molecule has 1 fully saturated rings. The lowest BCUT2D eigenvalue weighted by Crippen LogP contribution is -2.28. The summed E-state index contributed by atoms with van der Waals surface area (Å²) in [5, 5.41) is 6.09. The lowest BCUT2D eigenvalue weighted by atomic mass is 10.2. The molecule has 1 amide bonds. The highest BCUT2D eigenvalue weighted by atomic mass is 32.1. The number of amides is 1. The largest absolute Gasteiger partial charge is 0.357 e. The number of nitrogens with zero attached hydrogens (tertiary/aromatic N) is 3. The Hall–Kier alpha value is -1.95. The van der Waals surface area contributed by atoms with Gasteiger partial charge >= 0.3 is 0 Å². The van der Waals surface area contributed by atoms with Gasteiger partial charge in [0.25, 0.3) is 5.91 Å². The standard InChI is InChI=1S/C19H26N4OS/c1-14(19-22-15(2)13-25-19)11-21-18(24)16-7-8-17(20-12-16)23-9-5-3-4-6-10-23/h7-8,12-14H,3-6,9-11H2,1-2H3,(H,21,24). The smallest absolute Gasteiger partial charge is 0.252 e. The average molecular weight is 359 g/mol. The van der Waals surface area contributed by atoms with Crippen molar-refractivity contribution in [1.29, 1.82) is 0 Å². The summed E-state index contributed by atoms with van der Waals surface area (Å²) in [6.45, 7) is 6.77. The first-order chi connectivity index (χ1) is 12.1. The van der Waals surface area contributed by atoms with Gasteiger partial charge in [-0.3, -0.25) is 4.79 Å². The fourth-order valence-electron chi connectivity index (χ4n) is 3.04. The SMILES string of the molecule is Cc1csc(C(C)CNC(=O)c2ccc(N3CCCCCC3)nc2)n1. The summed E-state index contributed by atoms with van der Waals surface area (Å²) in [6.07, 6.45) is 6.73. The first-order valence-electron chi connectivity index (χ1n) is 9.04. The highest BCUT2D eigenvalue weighted by Gasteiger charge is 2.14. The molecule has 1 unspecified atom stereocenters. The predicted molar refractivity (Wildman–Crippen MR) is 103 cm³/mol. The minimum atomic E-state index is -0.0740. The number of nitrogens with one attached hydrogen (secondary N) is 1. The van der Waals surface area contributed by atoms with Crippen LogP contribution in [0.15, 0.2) is 23.7 Å². The Kier molecular flexibility index (Phi) is 6.02. The molecular weight excluding hydrogens is 332 g/mol. The summed E-state index contributed by atoms with van der Waals surface area (Å²) in [6, 6.07) is 3.84. The van der Waals surface area contributed by atoms with Crippen molar-refractivity contribution in [2.45, 2.75) is 45.4 Å². The minimum absolute atomic E-state index is 0.0740. The van der Waals surface area contributed by atoms with Crippen LogP contribution in [-0.4, -0.2) is 35.5 Å². The van der Waals surface area contributed by atoms with E-state index in [-0.39, 0.29) is 11.8 Å². The number of thiazole rings is 1. The molecule has 0 aliphatic carbocycles. The van der Waals surface area contributed by atoms with Gasteiger partial charge in [-0.2, -0.15) is 0 Å². The first-order valence-corrected chi connectivity index (χ1v) is 9.92. The van der Waals surface area contributed by atoms with Crippen LogP contribution in [0.3, 0.4) is 0 Å². The number of pyridine rings is 1. The molecule has 2 aromatic heterocycles. The maximum absolute atomic E-state index is 12.3. The van der Waals surface area contributed by atoms with E-state index < -0.39 is 0 Å². The van der Waals surface area contributed by atoms with E-state index in [0.29, 0.717) is 12.1 Å². The van der Waals surface area contributed by atoms with Crippen LogP contribution in [0.1, 0.15) is 59.6 Å². The Bertz CT molecular complexity index is 690. The molecule has 1 atom stereocenters. The molecule has 0 spiro atoms. The molecule has 134 valence electrons. The fourth-order valence-corrected chi connectivity index (χ4v) is 3.90. The van der Waals surface area contributed by atoms with Crippen LogP contribution in [0.5, 0.6) is 0 Å². The second-order valence-corrected chi connectivity index (χ2v) is 7.63. The molecule has 3 rings (SSSR count). The molecule has 1 aliphatic rings. The number of aryl methyl sites for hydroxylation is 1.